The molecule has 0 fully saturated rings. The second-order valence-electron chi connectivity index (χ2n) is 10.4. The number of hydrogen-bond acceptors (Lipinski definition) is 6. The van der Waals surface area contributed by atoms with Crippen LogP contribution in [0.5, 0.6) is 0 Å². The molecule has 0 saturated carbocycles. The van der Waals surface area contributed by atoms with Crippen molar-refractivity contribution in [2.24, 2.45) is 0 Å². The summed E-state index contributed by atoms with van der Waals surface area (Å²) in [6.07, 6.45) is 5.30. The Hall–Kier alpha value is -6.09. The molecule has 0 bridgehead atoms. The molecular formula is C36H27N3O6. The van der Waals surface area contributed by atoms with Crippen LogP contribution >= 0.6 is 0 Å². The predicted molar refractivity (Wildman–Crippen MR) is 171 cm³/mol. The van der Waals surface area contributed by atoms with Gasteiger partial charge in [0.05, 0.1) is 65.9 Å². The molecule has 7 aromatic rings. The van der Waals surface area contributed by atoms with Gasteiger partial charge in [0.1, 0.15) is 0 Å². The highest BCUT2D eigenvalue weighted by Gasteiger charge is 2.23. The molecule has 3 aromatic heterocycles. The van der Waals surface area contributed by atoms with Crippen molar-refractivity contribution in [3.63, 3.8) is 0 Å². The summed E-state index contributed by atoms with van der Waals surface area (Å²) in [6, 6.07) is 28.7. The average molecular weight is 598 g/mol. The number of carbonyl (C=O) groups excluding carboxylic acids is 3. The summed E-state index contributed by atoms with van der Waals surface area (Å²) in [5.74, 6) is -1.34. The van der Waals surface area contributed by atoms with E-state index in [-0.39, 0.29) is 0 Å². The summed E-state index contributed by atoms with van der Waals surface area (Å²) in [5, 5.41) is 2.23. The van der Waals surface area contributed by atoms with Gasteiger partial charge in [-0.25, -0.2) is 14.4 Å². The minimum Gasteiger partial charge on any atom is -0.465 e. The van der Waals surface area contributed by atoms with Gasteiger partial charge in [0, 0.05) is 40.4 Å². The van der Waals surface area contributed by atoms with Crippen LogP contribution in [0, 0.1) is 0 Å². The van der Waals surface area contributed by atoms with E-state index in [9.17, 15) is 14.4 Å². The minimum absolute atomic E-state index is 0.413. The van der Waals surface area contributed by atoms with E-state index in [2.05, 4.69) is 0 Å². The van der Waals surface area contributed by atoms with Crippen molar-refractivity contribution in [1.29, 1.82) is 0 Å². The van der Waals surface area contributed by atoms with Crippen molar-refractivity contribution in [3.8, 4) is 17.1 Å². The highest BCUT2D eigenvalue weighted by Crippen LogP contribution is 2.35. The molecule has 45 heavy (non-hydrogen) atoms. The summed E-state index contributed by atoms with van der Waals surface area (Å²) in [6.45, 7) is 0. The lowest BCUT2D eigenvalue weighted by atomic mass is 10.1. The number of rotatable bonds is 6. The molecule has 0 atom stereocenters. The fourth-order valence-corrected chi connectivity index (χ4v) is 6.03. The molecule has 4 aromatic carbocycles. The molecule has 0 saturated heterocycles. The Morgan fingerprint density at radius 3 is 1.29 bits per heavy atom. The molecule has 9 heteroatoms. The van der Waals surface area contributed by atoms with E-state index in [0.717, 1.165) is 44.1 Å². The van der Waals surface area contributed by atoms with Gasteiger partial charge in [-0.05, 0) is 36.4 Å². The van der Waals surface area contributed by atoms with Gasteiger partial charge >= 0.3 is 17.9 Å². The third-order valence-corrected chi connectivity index (χ3v) is 8.11. The maximum Gasteiger partial charge on any atom is 0.340 e. The van der Waals surface area contributed by atoms with Gasteiger partial charge in [-0.15, -0.1) is 0 Å². The standard InChI is InChI=1S/C36H27N3O6/c1-43-34(40)26-19-37(29-13-7-4-10-23(26)29)22-16-17-32(38-20-27(35(41)44-2)24-11-5-8-14-30(24)38)33(18-22)39-21-28(36(42)45-3)25-12-6-9-15-31(25)39/h4-21H,1-3H3. The SMILES string of the molecule is COC(=O)c1cn(-c2ccc(-n3cc(C(=O)OC)c4ccccc43)c(-n3cc(C(=O)OC)c4ccccc43)c2)c2ccccc12. The number of esters is 3. The average Bonchev–Trinajstić information content (AvgIpc) is 3.79. The maximum absolute atomic E-state index is 12.9. The Labute approximate surface area is 257 Å². The Morgan fingerprint density at radius 1 is 0.467 bits per heavy atom. The van der Waals surface area contributed by atoms with Gasteiger partial charge in [-0.2, -0.15) is 0 Å². The van der Waals surface area contributed by atoms with Crippen molar-refractivity contribution in [2.75, 3.05) is 21.3 Å². The smallest absolute Gasteiger partial charge is 0.340 e. The molecule has 7 rings (SSSR count). The molecule has 0 N–H and O–H groups in total. The Morgan fingerprint density at radius 2 is 0.844 bits per heavy atom. The van der Waals surface area contributed by atoms with E-state index in [1.165, 1.54) is 21.3 Å². The number of nitrogens with zero attached hydrogens (tertiary/aromatic N) is 3. The summed E-state index contributed by atoms with van der Waals surface area (Å²) < 4.78 is 21.1. The lowest BCUT2D eigenvalue weighted by molar-refractivity contribution is 0.0594. The molecule has 0 aliphatic heterocycles. The Kier molecular flexibility index (Phi) is 6.70. The van der Waals surface area contributed by atoms with Crippen LogP contribution in [0.25, 0.3) is 49.8 Å². The number of aromatic nitrogens is 3. The van der Waals surface area contributed by atoms with Crippen LogP contribution in [0.2, 0.25) is 0 Å². The summed E-state index contributed by atoms with van der Waals surface area (Å²) in [4.78, 5) is 38.5. The molecule has 9 nitrogen and oxygen atoms in total. The van der Waals surface area contributed by atoms with Crippen LogP contribution < -0.4 is 0 Å². The lowest BCUT2D eigenvalue weighted by Crippen LogP contribution is -2.05. The second-order valence-corrected chi connectivity index (χ2v) is 10.4. The zero-order chi connectivity index (χ0) is 31.2. The van der Waals surface area contributed by atoms with Gasteiger partial charge in [-0.1, -0.05) is 54.6 Å². The van der Waals surface area contributed by atoms with Gasteiger partial charge in [0.25, 0.3) is 0 Å². The molecular weight excluding hydrogens is 570 g/mol. The van der Waals surface area contributed by atoms with Crippen molar-refractivity contribution < 1.29 is 28.6 Å². The second kappa shape index (κ2) is 10.9. The number of methoxy groups -OCH3 is 3. The number of hydrogen-bond donors (Lipinski definition) is 0. The van der Waals surface area contributed by atoms with Crippen molar-refractivity contribution in [1.82, 2.24) is 13.7 Å². The highest BCUT2D eigenvalue weighted by molar-refractivity contribution is 6.07. The zero-order valence-electron chi connectivity index (χ0n) is 24.7. The molecule has 222 valence electrons. The largest absolute Gasteiger partial charge is 0.465 e. The first kappa shape index (κ1) is 27.7. The predicted octanol–water partition coefficient (Wildman–Crippen LogP) is 6.88. The number of carbonyl (C=O) groups is 3. The Balaban J connectivity index is 1.56. The fourth-order valence-electron chi connectivity index (χ4n) is 6.03. The van der Waals surface area contributed by atoms with Crippen LogP contribution in [-0.2, 0) is 14.2 Å². The van der Waals surface area contributed by atoms with E-state index in [1.54, 1.807) is 18.6 Å². The van der Waals surface area contributed by atoms with Crippen LogP contribution in [0.4, 0.5) is 0 Å². The third kappa shape index (κ3) is 4.36. The molecule has 0 radical (unpaired) electrons. The van der Waals surface area contributed by atoms with Gasteiger partial charge in [0.15, 0.2) is 0 Å². The molecule has 0 aliphatic rings. The Bertz CT molecular complexity index is 2300. The first-order valence-electron chi connectivity index (χ1n) is 14.2. The molecule has 0 amide bonds. The summed E-state index contributed by atoms with van der Waals surface area (Å²) in [7, 11) is 4.08. The first-order chi connectivity index (χ1) is 21.9. The summed E-state index contributed by atoms with van der Waals surface area (Å²) >= 11 is 0. The van der Waals surface area contributed by atoms with Crippen molar-refractivity contribution in [3.05, 3.63) is 126 Å². The first-order valence-corrected chi connectivity index (χ1v) is 14.2. The van der Waals surface area contributed by atoms with Gasteiger partial charge in [-0.3, -0.25) is 0 Å². The monoisotopic (exact) mass is 597 g/mol. The van der Waals surface area contributed by atoms with Gasteiger partial charge in [0.2, 0.25) is 0 Å². The number of ether oxygens (including phenoxy) is 3. The third-order valence-electron chi connectivity index (χ3n) is 8.11. The van der Waals surface area contributed by atoms with E-state index in [0.29, 0.717) is 22.4 Å². The number of para-hydroxylation sites is 3. The fraction of sp³-hybridized carbons (Fsp3) is 0.0833. The van der Waals surface area contributed by atoms with E-state index < -0.39 is 17.9 Å². The molecule has 3 heterocycles. The number of fused-ring (bicyclic) bond motifs is 3. The maximum atomic E-state index is 12.9. The lowest BCUT2D eigenvalue weighted by Gasteiger charge is -2.17. The van der Waals surface area contributed by atoms with Crippen LogP contribution in [0.1, 0.15) is 31.1 Å². The normalized spacial score (nSPS) is 11.3. The molecule has 0 unspecified atom stereocenters. The minimum atomic E-state index is -0.457. The number of benzene rings is 4. The van der Waals surface area contributed by atoms with Crippen LogP contribution in [0.3, 0.4) is 0 Å². The van der Waals surface area contributed by atoms with E-state index in [4.69, 9.17) is 14.2 Å². The van der Waals surface area contributed by atoms with E-state index in [1.807, 2.05) is 105 Å². The molecule has 0 spiro atoms. The van der Waals surface area contributed by atoms with Crippen molar-refractivity contribution >= 4 is 50.6 Å². The summed E-state index contributed by atoms with van der Waals surface area (Å²) in [5.41, 5.74) is 5.92. The topological polar surface area (TPSA) is 93.7 Å². The zero-order valence-corrected chi connectivity index (χ0v) is 24.7. The highest BCUT2D eigenvalue weighted by atomic mass is 16.5. The van der Waals surface area contributed by atoms with Crippen LogP contribution in [0.15, 0.2) is 110 Å². The van der Waals surface area contributed by atoms with Crippen molar-refractivity contribution in [2.45, 2.75) is 0 Å². The molecule has 0 aliphatic carbocycles. The quantitative estimate of drug-likeness (QED) is 0.153. The van der Waals surface area contributed by atoms with Gasteiger partial charge < -0.3 is 27.9 Å². The van der Waals surface area contributed by atoms with Crippen LogP contribution in [-0.4, -0.2) is 52.9 Å². The van der Waals surface area contributed by atoms with E-state index >= 15 is 0 Å².